The van der Waals surface area contributed by atoms with Crippen LogP contribution in [0.3, 0.4) is 0 Å². The van der Waals surface area contributed by atoms with E-state index in [0.29, 0.717) is 17.3 Å². The highest BCUT2D eigenvalue weighted by Crippen LogP contribution is 2.21. The third-order valence-electron chi connectivity index (χ3n) is 2.66. The van der Waals surface area contributed by atoms with Crippen molar-refractivity contribution in [2.45, 2.75) is 20.4 Å². The van der Waals surface area contributed by atoms with Gasteiger partial charge in [-0.2, -0.15) is 5.10 Å². The quantitative estimate of drug-likeness (QED) is 0.896. The minimum absolute atomic E-state index is 0.382. The van der Waals surface area contributed by atoms with Crippen molar-refractivity contribution in [3.63, 3.8) is 0 Å². The lowest BCUT2D eigenvalue weighted by molar-refractivity contribution is 0.262. The second kappa shape index (κ2) is 6.05. The average molecular weight is 275 g/mol. The summed E-state index contributed by atoms with van der Waals surface area (Å²) < 4.78 is 6.87. The number of ether oxygens (including phenoxy) is 1. The van der Waals surface area contributed by atoms with Crippen molar-refractivity contribution in [1.29, 1.82) is 0 Å². The molecule has 0 aliphatic rings. The Bertz CT molecular complexity index is 609. The first-order valence-electron chi connectivity index (χ1n) is 6.24. The Morgan fingerprint density at radius 2 is 2.20 bits per heavy atom. The summed E-state index contributed by atoms with van der Waals surface area (Å²) >= 11 is 0. The largest absolute Gasteiger partial charge is 0.493 e. The number of nitrogens with one attached hydrogen (secondary N) is 2. The predicted octanol–water partition coefficient (Wildman–Crippen LogP) is 2.26. The molecule has 0 aromatic carbocycles. The van der Waals surface area contributed by atoms with Gasteiger partial charge in [0, 0.05) is 18.4 Å². The number of rotatable bonds is 4. The van der Waals surface area contributed by atoms with Gasteiger partial charge in [-0.25, -0.2) is 9.78 Å². The van der Waals surface area contributed by atoms with Crippen LogP contribution in [0.15, 0.2) is 24.5 Å². The molecule has 0 fully saturated rings. The molecule has 2 N–H and O–H groups in total. The van der Waals surface area contributed by atoms with E-state index in [1.807, 2.05) is 19.9 Å². The van der Waals surface area contributed by atoms with Gasteiger partial charge in [0.15, 0.2) is 11.6 Å². The first kappa shape index (κ1) is 13.9. The summed E-state index contributed by atoms with van der Waals surface area (Å²) in [6, 6.07) is 3.18. The first-order chi connectivity index (χ1) is 9.62. The maximum atomic E-state index is 11.9. The standard InChI is InChI=1S/C13H17N5O2/c1-4-18-8-10(7-14-18)16-13(19)17-12-11(20-3)6-5-9(2)15-12/h5-8H,4H2,1-3H3,(H2,15,16,17,19). The molecule has 0 bridgehead atoms. The van der Waals surface area contributed by atoms with Gasteiger partial charge in [0.1, 0.15) is 0 Å². The lowest BCUT2D eigenvalue weighted by Crippen LogP contribution is -2.20. The van der Waals surface area contributed by atoms with Gasteiger partial charge in [0.25, 0.3) is 0 Å². The van der Waals surface area contributed by atoms with Gasteiger partial charge in [-0.05, 0) is 26.0 Å². The van der Waals surface area contributed by atoms with Gasteiger partial charge in [0.2, 0.25) is 0 Å². The number of hydrogen-bond acceptors (Lipinski definition) is 4. The zero-order valence-corrected chi connectivity index (χ0v) is 11.7. The van der Waals surface area contributed by atoms with Crippen molar-refractivity contribution < 1.29 is 9.53 Å². The van der Waals surface area contributed by atoms with Gasteiger partial charge < -0.3 is 10.1 Å². The van der Waals surface area contributed by atoms with E-state index in [4.69, 9.17) is 4.74 Å². The Morgan fingerprint density at radius 1 is 1.40 bits per heavy atom. The molecule has 0 saturated carbocycles. The van der Waals surface area contributed by atoms with Crippen LogP contribution in [0.25, 0.3) is 0 Å². The Labute approximate surface area is 117 Å². The molecule has 2 amide bonds. The third kappa shape index (κ3) is 3.25. The van der Waals surface area contributed by atoms with Gasteiger partial charge in [-0.1, -0.05) is 0 Å². The number of urea groups is 1. The number of carbonyl (C=O) groups excluding carboxylic acids is 1. The fourth-order valence-electron chi connectivity index (χ4n) is 1.67. The molecule has 0 aliphatic heterocycles. The Kier molecular flexibility index (Phi) is 4.19. The monoisotopic (exact) mass is 275 g/mol. The molecule has 0 unspecified atom stereocenters. The molecule has 2 aromatic rings. The van der Waals surface area contributed by atoms with Crippen LogP contribution in [-0.4, -0.2) is 27.9 Å². The molecule has 2 heterocycles. The minimum atomic E-state index is -0.392. The minimum Gasteiger partial charge on any atom is -0.493 e. The highest BCUT2D eigenvalue weighted by atomic mass is 16.5. The van der Waals surface area contributed by atoms with Gasteiger partial charge in [-0.3, -0.25) is 10.00 Å². The molecule has 0 spiro atoms. The van der Waals surface area contributed by atoms with Crippen LogP contribution in [0.5, 0.6) is 5.75 Å². The molecule has 0 aliphatic carbocycles. The Balaban J connectivity index is 2.06. The van der Waals surface area contributed by atoms with Gasteiger partial charge >= 0.3 is 6.03 Å². The first-order valence-corrected chi connectivity index (χ1v) is 6.24. The van der Waals surface area contributed by atoms with E-state index in [-0.39, 0.29) is 0 Å². The van der Waals surface area contributed by atoms with Crippen molar-refractivity contribution >= 4 is 17.5 Å². The topological polar surface area (TPSA) is 81.1 Å². The fraction of sp³-hybridized carbons (Fsp3) is 0.308. The van der Waals surface area contributed by atoms with E-state index >= 15 is 0 Å². The molecular formula is C13H17N5O2. The molecule has 0 saturated heterocycles. The molecule has 2 rings (SSSR count). The smallest absolute Gasteiger partial charge is 0.325 e. The summed E-state index contributed by atoms with van der Waals surface area (Å²) in [6.07, 6.45) is 3.34. The van der Waals surface area contributed by atoms with Gasteiger partial charge in [0.05, 0.1) is 19.0 Å². The number of carbonyl (C=O) groups is 1. The summed E-state index contributed by atoms with van der Waals surface area (Å²) in [4.78, 5) is 16.1. The lowest BCUT2D eigenvalue weighted by atomic mass is 10.3. The maximum absolute atomic E-state index is 11.9. The van der Waals surface area contributed by atoms with E-state index < -0.39 is 6.03 Å². The summed E-state index contributed by atoms with van der Waals surface area (Å²) in [5.41, 5.74) is 1.41. The summed E-state index contributed by atoms with van der Waals surface area (Å²) in [6.45, 7) is 4.56. The van der Waals surface area contributed by atoms with Crippen molar-refractivity contribution in [3.8, 4) is 5.75 Å². The number of anilines is 2. The van der Waals surface area contributed by atoms with E-state index in [9.17, 15) is 4.79 Å². The maximum Gasteiger partial charge on any atom is 0.325 e. The number of hydrogen-bond donors (Lipinski definition) is 2. The number of nitrogens with zero attached hydrogens (tertiary/aromatic N) is 3. The molecule has 106 valence electrons. The highest BCUT2D eigenvalue weighted by Gasteiger charge is 2.10. The number of pyridine rings is 1. The van der Waals surface area contributed by atoms with E-state index in [1.54, 1.807) is 23.1 Å². The molecular weight excluding hydrogens is 258 g/mol. The zero-order valence-electron chi connectivity index (χ0n) is 11.7. The SMILES string of the molecule is CCn1cc(NC(=O)Nc2nc(C)ccc2OC)cn1. The van der Waals surface area contributed by atoms with Crippen LogP contribution in [0.1, 0.15) is 12.6 Å². The van der Waals surface area contributed by atoms with Crippen LogP contribution >= 0.6 is 0 Å². The lowest BCUT2D eigenvalue weighted by Gasteiger charge is -2.10. The number of amides is 2. The van der Waals surface area contributed by atoms with E-state index in [1.165, 1.54) is 7.11 Å². The van der Waals surface area contributed by atoms with E-state index in [0.717, 1.165) is 12.2 Å². The normalized spacial score (nSPS) is 10.2. The summed E-state index contributed by atoms with van der Waals surface area (Å²) in [5, 5.41) is 9.42. The van der Waals surface area contributed by atoms with Crippen molar-refractivity contribution in [2.75, 3.05) is 17.7 Å². The fourth-order valence-corrected chi connectivity index (χ4v) is 1.67. The molecule has 2 aromatic heterocycles. The predicted molar refractivity (Wildman–Crippen MR) is 76.1 cm³/mol. The van der Waals surface area contributed by atoms with Crippen LogP contribution < -0.4 is 15.4 Å². The molecule has 0 atom stereocenters. The van der Waals surface area contributed by atoms with Crippen LogP contribution in [0.2, 0.25) is 0 Å². The molecule has 7 nitrogen and oxygen atoms in total. The van der Waals surface area contributed by atoms with Crippen LogP contribution in [0.4, 0.5) is 16.3 Å². The number of aromatic nitrogens is 3. The summed E-state index contributed by atoms with van der Waals surface area (Å²) in [5.74, 6) is 0.892. The number of aryl methyl sites for hydroxylation is 2. The average Bonchev–Trinajstić information content (AvgIpc) is 2.86. The van der Waals surface area contributed by atoms with Crippen LogP contribution in [0, 0.1) is 6.92 Å². The zero-order chi connectivity index (χ0) is 14.5. The van der Waals surface area contributed by atoms with Crippen molar-refractivity contribution in [1.82, 2.24) is 14.8 Å². The van der Waals surface area contributed by atoms with Crippen LogP contribution in [-0.2, 0) is 6.54 Å². The van der Waals surface area contributed by atoms with Crippen molar-refractivity contribution in [3.05, 3.63) is 30.2 Å². The van der Waals surface area contributed by atoms with Crippen molar-refractivity contribution in [2.24, 2.45) is 0 Å². The Morgan fingerprint density at radius 3 is 2.85 bits per heavy atom. The third-order valence-corrected chi connectivity index (χ3v) is 2.66. The summed E-state index contributed by atoms with van der Waals surface area (Å²) in [7, 11) is 1.53. The molecule has 20 heavy (non-hydrogen) atoms. The van der Waals surface area contributed by atoms with Gasteiger partial charge in [-0.15, -0.1) is 0 Å². The highest BCUT2D eigenvalue weighted by molar-refractivity contribution is 5.99. The molecule has 0 radical (unpaired) electrons. The number of methoxy groups -OCH3 is 1. The molecule has 7 heteroatoms. The Hall–Kier alpha value is -2.57. The van der Waals surface area contributed by atoms with E-state index in [2.05, 4.69) is 20.7 Å². The second-order valence-electron chi connectivity index (χ2n) is 4.17. The second-order valence-corrected chi connectivity index (χ2v) is 4.17.